The third-order valence-corrected chi connectivity index (χ3v) is 2.64. The smallest absolute Gasteiger partial charge is 0.313 e. The second kappa shape index (κ2) is 9.02. The van der Waals surface area contributed by atoms with Crippen LogP contribution in [0.3, 0.4) is 0 Å². The summed E-state index contributed by atoms with van der Waals surface area (Å²) in [6.07, 6.45) is 0.225. The SMILES string of the molecule is COC(=O)Cc1nnn(CC(=O)N(CCC#N)CCC#N)n1. The molecule has 0 bridgehead atoms. The molecule has 10 nitrogen and oxygen atoms in total. The van der Waals surface area contributed by atoms with Gasteiger partial charge in [0.05, 0.1) is 32.1 Å². The minimum atomic E-state index is -0.504. The molecule has 1 amide bonds. The standard InChI is InChI=1S/C12H15N7O3/c1-22-12(21)8-10-15-17-19(16-10)9-11(20)18(6-2-4-13)7-3-5-14/h2-3,6-9H2,1H3. The van der Waals surface area contributed by atoms with Crippen molar-refractivity contribution < 1.29 is 14.3 Å². The molecule has 0 atom stereocenters. The Morgan fingerprint density at radius 2 is 1.91 bits per heavy atom. The maximum absolute atomic E-state index is 12.1. The number of rotatable bonds is 8. The Balaban J connectivity index is 2.62. The van der Waals surface area contributed by atoms with Crippen molar-refractivity contribution in [3.05, 3.63) is 5.82 Å². The molecule has 0 saturated heterocycles. The van der Waals surface area contributed by atoms with Crippen LogP contribution in [0.2, 0.25) is 0 Å². The van der Waals surface area contributed by atoms with Crippen molar-refractivity contribution in [2.45, 2.75) is 25.8 Å². The minimum absolute atomic E-state index is 0.128. The molecule has 116 valence electrons. The zero-order valence-corrected chi connectivity index (χ0v) is 12.1. The molecular formula is C12H15N7O3. The van der Waals surface area contributed by atoms with E-state index >= 15 is 0 Å². The van der Waals surface area contributed by atoms with E-state index in [2.05, 4.69) is 20.1 Å². The van der Waals surface area contributed by atoms with Gasteiger partial charge in [-0.15, -0.1) is 10.2 Å². The maximum Gasteiger partial charge on any atom is 0.313 e. The summed E-state index contributed by atoms with van der Waals surface area (Å²) in [5.74, 6) is -0.677. The summed E-state index contributed by atoms with van der Waals surface area (Å²) in [6.45, 7) is 0.298. The maximum atomic E-state index is 12.1. The number of carbonyl (C=O) groups is 2. The molecule has 0 saturated carbocycles. The molecule has 0 aliphatic carbocycles. The normalized spacial score (nSPS) is 9.59. The van der Waals surface area contributed by atoms with E-state index < -0.39 is 5.97 Å². The largest absolute Gasteiger partial charge is 0.469 e. The number of carbonyl (C=O) groups excluding carboxylic acids is 2. The van der Waals surface area contributed by atoms with Gasteiger partial charge in [0.25, 0.3) is 0 Å². The zero-order valence-electron chi connectivity index (χ0n) is 12.1. The van der Waals surface area contributed by atoms with Gasteiger partial charge in [-0.3, -0.25) is 9.59 Å². The molecule has 1 aromatic heterocycles. The van der Waals surface area contributed by atoms with Crippen molar-refractivity contribution in [1.29, 1.82) is 10.5 Å². The Labute approximate surface area is 126 Å². The number of hydrogen-bond acceptors (Lipinski definition) is 8. The van der Waals surface area contributed by atoms with E-state index in [0.29, 0.717) is 0 Å². The topological polar surface area (TPSA) is 138 Å². The summed E-state index contributed by atoms with van der Waals surface area (Å²) in [4.78, 5) is 25.6. The van der Waals surface area contributed by atoms with Crippen LogP contribution < -0.4 is 0 Å². The zero-order chi connectivity index (χ0) is 16.4. The summed E-state index contributed by atoms with van der Waals surface area (Å²) < 4.78 is 4.48. The van der Waals surface area contributed by atoms with E-state index in [-0.39, 0.29) is 50.6 Å². The molecule has 0 aliphatic heterocycles. The van der Waals surface area contributed by atoms with Gasteiger partial charge in [-0.2, -0.15) is 15.3 Å². The van der Waals surface area contributed by atoms with E-state index in [4.69, 9.17) is 10.5 Å². The van der Waals surface area contributed by atoms with Gasteiger partial charge in [0.1, 0.15) is 13.0 Å². The van der Waals surface area contributed by atoms with Crippen LogP contribution in [-0.4, -0.2) is 57.2 Å². The number of ether oxygens (including phenoxy) is 1. The average Bonchev–Trinajstić information content (AvgIpc) is 2.94. The second-order valence-electron chi connectivity index (χ2n) is 4.19. The molecule has 1 aromatic rings. The first-order valence-electron chi connectivity index (χ1n) is 6.46. The highest BCUT2D eigenvalue weighted by Gasteiger charge is 2.16. The number of methoxy groups -OCH3 is 1. The van der Waals surface area contributed by atoms with Crippen LogP contribution in [0.5, 0.6) is 0 Å². The second-order valence-corrected chi connectivity index (χ2v) is 4.19. The summed E-state index contributed by atoms with van der Waals surface area (Å²) >= 11 is 0. The Kier molecular flexibility index (Phi) is 6.99. The van der Waals surface area contributed by atoms with Crippen molar-refractivity contribution in [2.24, 2.45) is 0 Å². The van der Waals surface area contributed by atoms with E-state index in [9.17, 15) is 9.59 Å². The molecule has 0 N–H and O–H groups in total. The summed E-state index contributed by atoms with van der Waals surface area (Å²) in [5, 5.41) is 28.4. The lowest BCUT2D eigenvalue weighted by molar-refractivity contribution is -0.140. The van der Waals surface area contributed by atoms with Gasteiger partial charge in [0, 0.05) is 13.1 Å². The lowest BCUT2D eigenvalue weighted by Gasteiger charge is -2.19. The minimum Gasteiger partial charge on any atom is -0.469 e. The van der Waals surface area contributed by atoms with E-state index in [1.54, 1.807) is 0 Å². The van der Waals surface area contributed by atoms with Crippen molar-refractivity contribution in [3.8, 4) is 12.1 Å². The first-order valence-corrected chi connectivity index (χ1v) is 6.46. The first-order chi connectivity index (χ1) is 10.6. The van der Waals surface area contributed by atoms with Gasteiger partial charge in [0.15, 0.2) is 5.82 Å². The van der Waals surface area contributed by atoms with Crippen molar-refractivity contribution in [3.63, 3.8) is 0 Å². The molecule has 0 radical (unpaired) electrons. The molecule has 1 rings (SSSR count). The fourth-order valence-corrected chi connectivity index (χ4v) is 1.57. The molecular weight excluding hydrogens is 290 g/mol. The molecule has 22 heavy (non-hydrogen) atoms. The van der Waals surface area contributed by atoms with E-state index in [1.165, 1.54) is 12.0 Å². The fraction of sp³-hybridized carbons (Fsp3) is 0.583. The number of amides is 1. The summed E-state index contributed by atoms with van der Waals surface area (Å²) in [5.41, 5.74) is 0. The van der Waals surface area contributed by atoms with Crippen LogP contribution in [0.15, 0.2) is 0 Å². The van der Waals surface area contributed by atoms with Crippen molar-refractivity contribution in [1.82, 2.24) is 25.1 Å². The Morgan fingerprint density at radius 3 is 2.45 bits per heavy atom. The lowest BCUT2D eigenvalue weighted by atomic mass is 10.3. The van der Waals surface area contributed by atoms with Crippen LogP contribution in [0, 0.1) is 22.7 Å². The Bertz CT molecular complexity index is 581. The molecule has 10 heteroatoms. The van der Waals surface area contributed by atoms with Crippen LogP contribution in [0.4, 0.5) is 0 Å². The monoisotopic (exact) mass is 305 g/mol. The predicted octanol–water partition coefficient (Wildman–Crippen LogP) is -0.955. The molecule has 0 fully saturated rings. The third kappa shape index (κ3) is 5.54. The highest BCUT2D eigenvalue weighted by Crippen LogP contribution is 1.98. The molecule has 0 spiro atoms. The fourth-order valence-electron chi connectivity index (χ4n) is 1.57. The number of tetrazole rings is 1. The first kappa shape index (κ1) is 17.0. The number of nitriles is 2. The van der Waals surface area contributed by atoms with Gasteiger partial charge >= 0.3 is 5.97 Å². The third-order valence-electron chi connectivity index (χ3n) is 2.64. The molecule has 0 aliphatic rings. The predicted molar refractivity (Wildman–Crippen MR) is 70.6 cm³/mol. The average molecular weight is 305 g/mol. The van der Waals surface area contributed by atoms with Gasteiger partial charge in [-0.25, -0.2) is 0 Å². The number of esters is 1. The molecule has 0 aromatic carbocycles. The number of nitrogens with zero attached hydrogens (tertiary/aromatic N) is 7. The lowest BCUT2D eigenvalue weighted by Crippen LogP contribution is -2.35. The van der Waals surface area contributed by atoms with Crippen molar-refractivity contribution in [2.75, 3.05) is 20.2 Å². The summed E-state index contributed by atoms with van der Waals surface area (Å²) in [7, 11) is 1.25. The van der Waals surface area contributed by atoms with E-state index in [0.717, 1.165) is 4.80 Å². The van der Waals surface area contributed by atoms with Gasteiger partial charge in [0.2, 0.25) is 5.91 Å². The highest BCUT2D eigenvalue weighted by atomic mass is 16.5. The van der Waals surface area contributed by atoms with Gasteiger partial charge in [-0.05, 0) is 5.21 Å². The van der Waals surface area contributed by atoms with Crippen LogP contribution in [0.25, 0.3) is 0 Å². The van der Waals surface area contributed by atoms with Gasteiger partial charge in [-0.1, -0.05) is 0 Å². The number of aromatic nitrogens is 4. The van der Waals surface area contributed by atoms with E-state index in [1.807, 2.05) is 12.1 Å². The Morgan fingerprint density at radius 1 is 1.27 bits per heavy atom. The highest BCUT2D eigenvalue weighted by molar-refractivity contribution is 5.75. The van der Waals surface area contributed by atoms with Gasteiger partial charge < -0.3 is 9.64 Å². The summed E-state index contributed by atoms with van der Waals surface area (Å²) in [6, 6.07) is 3.89. The van der Waals surface area contributed by atoms with Crippen LogP contribution in [0.1, 0.15) is 18.7 Å². The van der Waals surface area contributed by atoms with Crippen molar-refractivity contribution >= 4 is 11.9 Å². The molecule has 1 heterocycles. The number of hydrogen-bond donors (Lipinski definition) is 0. The molecule has 0 unspecified atom stereocenters. The van der Waals surface area contributed by atoms with Crippen LogP contribution in [-0.2, 0) is 27.3 Å². The van der Waals surface area contributed by atoms with Crippen LogP contribution >= 0.6 is 0 Å². The Hall–Kier alpha value is -3.01. The quantitative estimate of drug-likeness (QED) is 0.560.